The van der Waals surface area contributed by atoms with Crippen molar-refractivity contribution in [2.75, 3.05) is 4.72 Å². The Morgan fingerprint density at radius 3 is 2.50 bits per heavy atom. The van der Waals surface area contributed by atoms with E-state index in [1.165, 1.54) is 18.5 Å². The van der Waals surface area contributed by atoms with Gasteiger partial charge in [-0.2, -0.15) is 8.42 Å². The van der Waals surface area contributed by atoms with Crippen molar-refractivity contribution < 1.29 is 12.8 Å². The summed E-state index contributed by atoms with van der Waals surface area (Å²) in [5.74, 6) is -0.749. The van der Waals surface area contributed by atoms with Crippen LogP contribution in [0.2, 0.25) is 0 Å². The van der Waals surface area contributed by atoms with Crippen molar-refractivity contribution in [2.24, 2.45) is 0 Å². The molecule has 18 heavy (non-hydrogen) atoms. The monoisotopic (exact) mass is 267 g/mol. The third kappa shape index (κ3) is 2.45. The predicted octanol–water partition coefficient (Wildman–Crippen LogP) is 1.72. The zero-order chi connectivity index (χ0) is 13.2. The van der Waals surface area contributed by atoms with Gasteiger partial charge in [-0.1, -0.05) is 6.07 Å². The van der Waals surface area contributed by atoms with Gasteiger partial charge in [-0.3, -0.25) is 4.72 Å². The first-order chi connectivity index (χ1) is 8.50. The molecule has 0 radical (unpaired) electrons. The van der Waals surface area contributed by atoms with E-state index in [1.807, 2.05) is 0 Å². The summed E-state index contributed by atoms with van der Waals surface area (Å²) in [6.45, 7) is 1.69. The number of hydrogen-bond acceptors (Lipinski definition) is 4. The van der Waals surface area contributed by atoms with Gasteiger partial charge in [0, 0.05) is 12.4 Å². The van der Waals surface area contributed by atoms with Gasteiger partial charge in [0.25, 0.3) is 10.0 Å². The Labute approximate surface area is 104 Å². The van der Waals surface area contributed by atoms with E-state index >= 15 is 0 Å². The first-order valence-corrected chi connectivity index (χ1v) is 6.54. The summed E-state index contributed by atoms with van der Waals surface area (Å²) in [6, 6.07) is 5.72. The molecule has 0 unspecified atom stereocenters. The molecule has 2 heterocycles. The molecule has 0 saturated heterocycles. The molecule has 7 heteroatoms. The summed E-state index contributed by atoms with van der Waals surface area (Å²) < 4.78 is 39.4. The van der Waals surface area contributed by atoms with Crippen LogP contribution in [-0.4, -0.2) is 18.4 Å². The van der Waals surface area contributed by atoms with Crippen LogP contribution in [0.15, 0.2) is 41.7 Å². The highest BCUT2D eigenvalue weighted by molar-refractivity contribution is 7.92. The Kier molecular flexibility index (Phi) is 3.24. The summed E-state index contributed by atoms with van der Waals surface area (Å²) in [7, 11) is -4.07. The standard InChI is InChI=1S/C11H10FN3O2S/c1-8-4-2-6-13-10(8)15-18(16,17)11-9(12)5-3-7-14-11/h2-7H,1H3,(H,13,15). The Balaban J connectivity index is 2.40. The summed E-state index contributed by atoms with van der Waals surface area (Å²) in [6.07, 6.45) is 2.66. The Bertz CT molecular complexity index is 673. The van der Waals surface area contributed by atoms with Crippen molar-refractivity contribution in [3.8, 4) is 0 Å². The predicted molar refractivity (Wildman–Crippen MR) is 64.0 cm³/mol. The van der Waals surface area contributed by atoms with Crippen LogP contribution in [0.25, 0.3) is 0 Å². The van der Waals surface area contributed by atoms with Gasteiger partial charge < -0.3 is 0 Å². The largest absolute Gasteiger partial charge is 0.283 e. The third-order valence-electron chi connectivity index (χ3n) is 2.22. The molecular weight excluding hydrogens is 257 g/mol. The zero-order valence-electron chi connectivity index (χ0n) is 9.46. The summed E-state index contributed by atoms with van der Waals surface area (Å²) in [5.41, 5.74) is 0.636. The number of anilines is 1. The lowest BCUT2D eigenvalue weighted by atomic mass is 10.3. The highest BCUT2D eigenvalue weighted by Crippen LogP contribution is 2.17. The second-order valence-corrected chi connectivity index (χ2v) is 5.16. The lowest BCUT2D eigenvalue weighted by Gasteiger charge is -2.08. The van der Waals surface area contributed by atoms with Crippen LogP contribution < -0.4 is 4.72 Å². The van der Waals surface area contributed by atoms with Gasteiger partial charge in [0.2, 0.25) is 5.03 Å². The van der Waals surface area contributed by atoms with Crippen molar-refractivity contribution in [1.29, 1.82) is 0 Å². The SMILES string of the molecule is Cc1cccnc1NS(=O)(=O)c1ncccc1F. The van der Waals surface area contributed by atoms with Gasteiger partial charge in [0.1, 0.15) is 5.82 Å². The molecule has 0 aliphatic heterocycles. The van der Waals surface area contributed by atoms with E-state index in [-0.39, 0.29) is 5.82 Å². The number of sulfonamides is 1. The van der Waals surface area contributed by atoms with E-state index < -0.39 is 20.9 Å². The molecule has 0 aliphatic rings. The number of pyridine rings is 2. The second kappa shape index (κ2) is 4.69. The molecule has 2 aromatic rings. The van der Waals surface area contributed by atoms with Crippen molar-refractivity contribution in [2.45, 2.75) is 11.9 Å². The van der Waals surface area contributed by atoms with Crippen molar-refractivity contribution in [1.82, 2.24) is 9.97 Å². The molecule has 0 fully saturated rings. The fourth-order valence-electron chi connectivity index (χ4n) is 1.34. The van der Waals surface area contributed by atoms with Gasteiger partial charge in [-0.05, 0) is 30.7 Å². The average Bonchev–Trinajstić information content (AvgIpc) is 2.32. The van der Waals surface area contributed by atoms with Crippen LogP contribution >= 0.6 is 0 Å². The number of nitrogens with zero attached hydrogens (tertiary/aromatic N) is 2. The van der Waals surface area contributed by atoms with E-state index in [0.717, 1.165) is 6.07 Å². The first kappa shape index (κ1) is 12.4. The molecule has 0 amide bonds. The minimum absolute atomic E-state index is 0.155. The van der Waals surface area contributed by atoms with Crippen LogP contribution in [0.5, 0.6) is 0 Å². The molecule has 94 valence electrons. The maximum Gasteiger partial charge on any atom is 0.283 e. The summed E-state index contributed by atoms with van der Waals surface area (Å²) in [5, 5.41) is -0.643. The topological polar surface area (TPSA) is 72.0 Å². The molecule has 2 aromatic heterocycles. The molecule has 0 aliphatic carbocycles. The van der Waals surface area contributed by atoms with Gasteiger partial charge in [0.15, 0.2) is 5.82 Å². The van der Waals surface area contributed by atoms with Crippen molar-refractivity contribution >= 4 is 15.8 Å². The quantitative estimate of drug-likeness (QED) is 0.919. The molecule has 0 spiro atoms. The van der Waals surface area contributed by atoms with Crippen molar-refractivity contribution in [3.05, 3.63) is 48.0 Å². The van der Waals surface area contributed by atoms with Crippen LogP contribution in [0.1, 0.15) is 5.56 Å². The molecular formula is C11H10FN3O2S. The molecule has 5 nitrogen and oxygen atoms in total. The van der Waals surface area contributed by atoms with E-state index in [0.29, 0.717) is 5.56 Å². The third-order valence-corrected chi connectivity index (χ3v) is 3.49. The second-order valence-electron chi connectivity index (χ2n) is 3.56. The van der Waals surface area contributed by atoms with E-state index in [4.69, 9.17) is 0 Å². The number of rotatable bonds is 3. The van der Waals surface area contributed by atoms with Crippen LogP contribution in [0.3, 0.4) is 0 Å². The number of aryl methyl sites for hydroxylation is 1. The average molecular weight is 267 g/mol. The fourth-order valence-corrected chi connectivity index (χ4v) is 2.43. The number of halogens is 1. The molecule has 1 N–H and O–H groups in total. The Morgan fingerprint density at radius 2 is 1.83 bits per heavy atom. The lowest BCUT2D eigenvalue weighted by Crippen LogP contribution is -2.17. The lowest BCUT2D eigenvalue weighted by molar-refractivity contribution is 0.556. The fraction of sp³-hybridized carbons (Fsp3) is 0.0909. The molecule has 0 saturated carbocycles. The maximum atomic E-state index is 13.4. The van der Waals surface area contributed by atoms with Crippen molar-refractivity contribution in [3.63, 3.8) is 0 Å². The highest BCUT2D eigenvalue weighted by atomic mass is 32.2. The number of nitrogens with one attached hydrogen (secondary N) is 1. The van der Waals surface area contributed by atoms with E-state index in [1.54, 1.807) is 19.1 Å². The van der Waals surface area contributed by atoms with Crippen LogP contribution in [0, 0.1) is 12.7 Å². The minimum atomic E-state index is -4.07. The van der Waals surface area contributed by atoms with E-state index in [9.17, 15) is 12.8 Å². The zero-order valence-corrected chi connectivity index (χ0v) is 10.3. The van der Waals surface area contributed by atoms with E-state index in [2.05, 4.69) is 14.7 Å². The molecule has 2 rings (SSSR count). The Morgan fingerprint density at radius 1 is 1.17 bits per heavy atom. The minimum Gasteiger partial charge on any atom is -0.262 e. The molecule has 0 atom stereocenters. The summed E-state index contributed by atoms with van der Waals surface area (Å²) >= 11 is 0. The molecule has 0 aromatic carbocycles. The smallest absolute Gasteiger partial charge is 0.262 e. The molecule has 0 bridgehead atoms. The van der Waals surface area contributed by atoms with Gasteiger partial charge in [-0.25, -0.2) is 14.4 Å². The number of hydrogen-bond donors (Lipinski definition) is 1. The number of aromatic nitrogens is 2. The Hall–Kier alpha value is -2.02. The highest BCUT2D eigenvalue weighted by Gasteiger charge is 2.21. The van der Waals surface area contributed by atoms with Gasteiger partial charge in [-0.15, -0.1) is 0 Å². The summed E-state index contributed by atoms with van der Waals surface area (Å²) in [4.78, 5) is 7.40. The van der Waals surface area contributed by atoms with Gasteiger partial charge in [0.05, 0.1) is 0 Å². The van der Waals surface area contributed by atoms with Gasteiger partial charge >= 0.3 is 0 Å². The van der Waals surface area contributed by atoms with Crippen LogP contribution in [0.4, 0.5) is 10.2 Å². The van der Waals surface area contributed by atoms with Crippen LogP contribution in [-0.2, 0) is 10.0 Å². The first-order valence-electron chi connectivity index (χ1n) is 5.05. The normalized spacial score (nSPS) is 11.2. The maximum absolute atomic E-state index is 13.4.